The number of aromatic nitrogens is 1. The molecule has 2 heterocycles. The molecule has 0 spiro atoms. The fourth-order valence-corrected chi connectivity index (χ4v) is 3.11. The maximum Gasteiger partial charge on any atom is 0.170 e. The van der Waals surface area contributed by atoms with E-state index in [4.69, 9.17) is 0 Å². The third-order valence-electron chi connectivity index (χ3n) is 4.25. The molecule has 1 aromatic heterocycles. The van der Waals surface area contributed by atoms with E-state index in [1.54, 1.807) is 18.5 Å². The number of nitrogens with zero attached hydrogens (tertiary/aromatic N) is 2. The molecule has 1 N–H and O–H groups in total. The Morgan fingerprint density at radius 2 is 2.10 bits per heavy atom. The van der Waals surface area contributed by atoms with Crippen molar-refractivity contribution >= 4 is 17.7 Å². The second-order valence-corrected chi connectivity index (χ2v) is 5.73. The van der Waals surface area contributed by atoms with Crippen LogP contribution < -0.4 is 5.32 Å². The molecule has 1 aromatic rings. The largest absolute Gasteiger partial charge is 0.311 e. The molecule has 1 saturated carbocycles. The summed E-state index contributed by atoms with van der Waals surface area (Å²) in [5.41, 5.74) is 2.37. The van der Waals surface area contributed by atoms with Gasteiger partial charge in [-0.15, -0.1) is 0 Å². The van der Waals surface area contributed by atoms with Crippen molar-refractivity contribution in [1.29, 1.82) is 0 Å². The van der Waals surface area contributed by atoms with Gasteiger partial charge in [-0.05, 0) is 31.4 Å². The smallest absolute Gasteiger partial charge is 0.170 e. The minimum Gasteiger partial charge on any atom is -0.311 e. The number of pyridine rings is 1. The highest BCUT2D eigenvalue weighted by Crippen LogP contribution is 2.27. The van der Waals surface area contributed by atoms with Crippen LogP contribution in [-0.2, 0) is 6.54 Å². The van der Waals surface area contributed by atoms with Crippen LogP contribution in [0, 0.1) is 5.92 Å². The van der Waals surface area contributed by atoms with Crippen molar-refractivity contribution in [2.75, 3.05) is 6.54 Å². The molecule has 0 saturated heterocycles. The Labute approximate surface area is 119 Å². The average molecular weight is 271 g/mol. The van der Waals surface area contributed by atoms with Gasteiger partial charge in [0, 0.05) is 30.9 Å². The topological polar surface area (TPSA) is 54.4 Å². The van der Waals surface area contributed by atoms with Gasteiger partial charge in [-0.25, -0.2) is 0 Å². The van der Waals surface area contributed by atoms with E-state index in [0.29, 0.717) is 13.0 Å². The molecule has 0 atom stereocenters. The number of rotatable bonds is 4. The monoisotopic (exact) mass is 271 g/mol. The summed E-state index contributed by atoms with van der Waals surface area (Å²) in [4.78, 5) is 20.6. The molecule has 1 aliphatic carbocycles. The minimum absolute atomic E-state index is 0.144. The fourth-order valence-electron chi connectivity index (χ4n) is 3.11. The van der Waals surface area contributed by atoms with Gasteiger partial charge in [0.25, 0.3) is 0 Å². The van der Waals surface area contributed by atoms with Gasteiger partial charge in [0.2, 0.25) is 0 Å². The van der Waals surface area contributed by atoms with E-state index in [0.717, 1.165) is 29.4 Å². The lowest BCUT2D eigenvalue weighted by molar-refractivity contribution is 0.100. The number of hydrogen-bond acceptors (Lipinski definition) is 4. The number of hydrogen-bond donors (Lipinski definition) is 1. The molecule has 106 valence electrons. The Morgan fingerprint density at radius 1 is 1.25 bits per heavy atom. The Balaban J connectivity index is 1.62. The van der Waals surface area contributed by atoms with Crippen LogP contribution in [0.1, 0.15) is 54.6 Å². The van der Waals surface area contributed by atoms with Crippen molar-refractivity contribution < 1.29 is 4.79 Å². The molecular weight excluding hydrogens is 250 g/mol. The number of fused-ring (bicyclic) bond motifs is 1. The summed E-state index contributed by atoms with van der Waals surface area (Å²) in [5.74, 6) is 0.944. The van der Waals surface area contributed by atoms with E-state index in [2.05, 4.69) is 15.3 Å². The number of ketones is 1. The van der Waals surface area contributed by atoms with Crippen molar-refractivity contribution in [2.45, 2.75) is 45.1 Å². The van der Waals surface area contributed by atoms with Crippen LogP contribution >= 0.6 is 0 Å². The molecule has 0 radical (unpaired) electrons. The molecule has 1 fully saturated rings. The predicted molar refractivity (Wildman–Crippen MR) is 79.6 cm³/mol. The number of carbonyl (C=O) groups is 1. The Hall–Kier alpha value is -1.55. The summed E-state index contributed by atoms with van der Waals surface area (Å²) in [6, 6.07) is 1.78. The van der Waals surface area contributed by atoms with Gasteiger partial charge in [-0.2, -0.15) is 0 Å². The molecule has 1 aliphatic heterocycles. The molecule has 4 heteroatoms. The standard InChI is InChI=1S/C16H21N3O/c20-15-7-9-19-16-13(15)6-8-18-14(16)11-17-10-12-4-2-1-3-5-12/h6,8-9,12,17H,1-5,7,10-11H2. The zero-order chi connectivity index (χ0) is 13.8. The van der Waals surface area contributed by atoms with Crippen LogP contribution in [0.15, 0.2) is 17.3 Å². The van der Waals surface area contributed by atoms with Crippen molar-refractivity contribution in [3.63, 3.8) is 0 Å². The van der Waals surface area contributed by atoms with Gasteiger partial charge < -0.3 is 5.32 Å². The zero-order valence-corrected chi connectivity index (χ0v) is 11.8. The third-order valence-corrected chi connectivity index (χ3v) is 4.25. The molecule has 0 amide bonds. The van der Waals surface area contributed by atoms with Gasteiger partial charge in [0.05, 0.1) is 11.4 Å². The lowest BCUT2D eigenvalue weighted by atomic mass is 9.89. The Morgan fingerprint density at radius 3 is 2.95 bits per heavy atom. The van der Waals surface area contributed by atoms with Crippen LogP contribution in [0.5, 0.6) is 0 Å². The van der Waals surface area contributed by atoms with Gasteiger partial charge in [0.1, 0.15) is 0 Å². The van der Waals surface area contributed by atoms with Crippen LogP contribution in [0.25, 0.3) is 0 Å². The second kappa shape index (κ2) is 6.27. The number of carbonyl (C=O) groups excluding carboxylic acids is 1. The molecule has 0 unspecified atom stereocenters. The highest BCUT2D eigenvalue weighted by molar-refractivity contribution is 6.10. The van der Waals surface area contributed by atoms with E-state index in [1.807, 2.05) is 0 Å². The van der Waals surface area contributed by atoms with E-state index in [1.165, 1.54) is 32.1 Å². The number of Topliss-reactive ketones (excluding diaryl/α,β-unsaturated/α-hetero) is 1. The quantitative estimate of drug-likeness (QED) is 0.915. The van der Waals surface area contributed by atoms with E-state index < -0.39 is 0 Å². The molecule has 0 bridgehead atoms. The van der Waals surface area contributed by atoms with E-state index in [-0.39, 0.29) is 5.78 Å². The number of aliphatic imine (C=N–C) groups is 1. The molecule has 3 rings (SSSR count). The van der Waals surface area contributed by atoms with Crippen LogP contribution in [0.2, 0.25) is 0 Å². The van der Waals surface area contributed by atoms with Crippen molar-refractivity contribution in [3.05, 3.63) is 23.5 Å². The molecular formula is C16H21N3O. The molecule has 2 aliphatic rings. The van der Waals surface area contributed by atoms with Crippen molar-refractivity contribution in [3.8, 4) is 0 Å². The average Bonchev–Trinajstić information content (AvgIpc) is 2.49. The lowest BCUT2D eigenvalue weighted by Gasteiger charge is -2.22. The Bertz CT molecular complexity index is 518. The highest BCUT2D eigenvalue weighted by Gasteiger charge is 2.18. The third kappa shape index (κ3) is 2.96. The summed E-state index contributed by atoms with van der Waals surface area (Å²) in [6.07, 6.45) is 10.6. The van der Waals surface area contributed by atoms with E-state index >= 15 is 0 Å². The first-order valence-corrected chi connectivity index (χ1v) is 7.59. The van der Waals surface area contributed by atoms with Crippen molar-refractivity contribution in [1.82, 2.24) is 10.3 Å². The fraction of sp³-hybridized carbons (Fsp3) is 0.562. The first-order valence-electron chi connectivity index (χ1n) is 7.59. The predicted octanol–water partition coefficient (Wildman–Crippen LogP) is 3.04. The molecule has 4 nitrogen and oxygen atoms in total. The highest BCUT2D eigenvalue weighted by atomic mass is 16.1. The zero-order valence-electron chi connectivity index (χ0n) is 11.8. The summed E-state index contributed by atoms with van der Waals surface area (Å²) >= 11 is 0. The molecule has 0 aromatic carbocycles. The maximum atomic E-state index is 11.8. The summed E-state index contributed by atoms with van der Waals surface area (Å²) in [6.45, 7) is 1.74. The van der Waals surface area contributed by atoms with Gasteiger partial charge in [-0.3, -0.25) is 14.8 Å². The van der Waals surface area contributed by atoms with Crippen LogP contribution in [0.3, 0.4) is 0 Å². The normalized spacial score (nSPS) is 19.1. The second-order valence-electron chi connectivity index (χ2n) is 5.73. The van der Waals surface area contributed by atoms with Gasteiger partial charge in [0.15, 0.2) is 5.78 Å². The Kier molecular flexibility index (Phi) is 4.21. The molecule has 20 heavy (non-hydrogen) atoms. The van der Waals surface area contributed by atoms with Crippen LogP contribution in [-0.4, -0.2) is 23.5 Å². The maximum absolute atomic E-state index is 11.8. The van der Waals surface area contributed by atoms with Crippen LogP contribution in [0.4, 0.5) is 5.69 Å². The first-order chi connectivity index (χ1) is 9.84. The SMILES string of the molecule is O=C1CC=Nc2c1ccnc2CNCC1CCCCC1. The summed E-state index contributed by atoms with van der Waals surface area (Å²) in [5, 5.41) is 3.49. The van der Waals surface area contributed by atoms with E-state index in [9.17, 15) is 4.79 Å². The summed E-state index contributed by atoms with van der Waals surface area (Å²) in [7, 11) is 0. The lowest BCUT2D eigenvalue weighted by Crippen LogP contribution is -2.24. The summed E-state index contributed by atoms with van der Waals surface area (Å²) < 4.78 is 0. The van der Waals surface area contributed by atoms with Crippen molar-refractivity contribution in [2.24, 2.45) is 10.9 Å². The number of nitrogens with one attached hydrogen (secondary N) is 1. The first kappa shape index (κ1) is 13.4. The minimum atomic E-state index is 0.144. The van der Waals surface area contributed by atoms with Gasteiger partial charge in [-0.1, -0.05) is 19.3 Å². The van der Waals surface area contributed by atoms with Gasteiger partial charge >= 0.3 is 0 Å².